The molecule has 0 fully saturated rings. The highest BCUT2D eigenvalue weighted by Crippen LogP contribution is 2.23. The second-order valence-electron chi connectivity index (χ2n) is 5.24. The van der Waals surface area contributed by atoms with Crippen molar-refractivity contribution in [3.8, 4) is 11.1 Å². The van der Waals surface area contributed by atoms with E-state index in [1.54, 1.807) is 0 Å². The van der Waals surface area contributed by atoms with E-state index in [2.05, 4.69) is 5.32 Å². The van der Waals surface area contributed by atoms with Crippen LogP contribution in [-0.4, -0.2) is 35.7 Å². The molecule has 0 heterocycles. The summed E-state index contributed by atoms with van der Waals surface area (Å²) in [6, 6.07) is -10.6. The first-order valence-corrected chi connectivity index (χ1v) is 8.29. The molecule has 0 aliphatic rings. The number of carbonyl (C=O) groups is 1. The lowest BCUT2D eigenvalue weighted by molar-refractivity contribution is 0.0697. The molecule has 0 aromatic heterocycles. The van der Waals surface area contributed by atoms with Gasteiger partial charge in [0.05, 0.1) is 28.1 Å². The SMILES string of the molecule is [2H]c1c([2H])c(NCC([2H])([2H])NC([2H])([2H])[C@H](O)c2c([2H])c([2H])c([2H])c(Cl)c2[2H])c([2H])c(-c2c([2H])c([2H])c([2H])c(C(=O)O)c2[2H])c1[2H]. The minimum atomic E-state index is -3.17. The first kappa shape index (κ1) is 8.48. The van der Waals surface area contributed by atoms with Gasteiger partial charge in [-0.25, -0.2) is 4.79 Å². The molecule has 0 amide bonds. The van der Waals surface area contributed by atoms with Gasteiger partial charge in [0.15, 0.2) is 0 Å². The summed E-state index contributed by atoms with van der Waals surface area (Å²) in [7, 11) is 0. The summed E-state index contributed by atoms with van der Waals surface area (Å²) < 4.78 is 130. The van der Waals surface area contributed by atoms with Crippen LogP contribution in [0, 0.1) is 0 Å². The summed E-state index contributed by atoms with van der Waals surface area (Å²) in [4.78, 5) is 11.7. The van der Waals surface area contributed by atoms with Gasteiger partial charge in [0.25, 0.3) is 0 Å². The Morgan fingerprint density at radius 3 is 2.59 bits per heavy atom. The van der Waals surface area contributed by atoms with Crippen LogP contribution in [0.4, 0.5) is 5.69 Å². The Morgan fingerprint density at radius 2 is 1.79 bits per heavy atom. The fourth-order valence-corrected chi connectivity index (χ4v) is 2.12. The third-order valence-corrected chi connectivity index (χ3v) is 3.44. The Morgan fingerprint density at radius 1 is 1.07 bits per heavy atom. The largest absolute Gasteiger partial charge is 0.478 e. The van der Waals surface area contributed by atoms with Crippen LogP contribution in [0.5, 0.6) is 0 Å². The zero-order valence-corrected chi connectivity index (χ0v) is 15.2. The molecule has 0 aliphatic carbocycles. The number of aliphatic hydroxyl groups excluding tert-OH is 1. The number of halogens is 1. The fourth-order valence-electron chi connectivity index (χ4n) is 1.97. The van der Waals surface area contributed by atoms with Gasteiger partial charge in [-0.05, 0) is 52.9 Å². The summed E-state index contributed by atoms with van der Waals surface area (Å²) in [5.74, 6) is -1.80. The van der Waals surface area contributed by atoms with Crippen molar-refractivity contribution < 1.29 is 36.9 Å². The van der Waals surface area contributed by atoms with Crippen LogP contribution in [0.2, 0.25) is 5.02 Å². The number of hydrogen-bond acceptors (Lipinski definition) is 4. The molecule has 29 heavy (non-hydrogen) atoms. The highest BCUT2D eigenvalue weighted by atomic mass is 35.5. The van der Waals surface area contributed by atoms with Crippen LogP contribution in [0.15, 0.2) is 72.5 Å². The van der Waals surface area contributed by atoms with Crippen LogP contribution in [-0.2, 0) is 0 Å². The van der Waals surface area contributed by atoms with Crippen LogP contribution in [0.25, 0.3) is 11.1 Å². The van der Waals surface area contributed by atoms with E-state index in [4.69, 9.17) is 33.5 Å². The van der Waals surface area contributed by atoms with Gasteiger partial charge in [-0.2, -0.15) is 0 Å². The summed E-state index contributed by atoms with van der Waals surface area (Å²) in [5, 5.41) is 23.7. The Labute approximate surface area is 197 Å². The third-order valence-electron chi connectivity index (χ3n) is 3.25. The number of benzene rings is 3. The Kier molecular flexibility index (Phi) is 2.94. The van der Waals surface area contributed by atoms with Gasteiger partial charge in [0.1, 0.15) is 0 Å². The molecule has 150 valence electrons. The van der Waals surface area contributed by atoms with Gasteiger partial charge < -0.3 is 20.8 Å². The quantitative estimate of drug-likeness (QED) is 0.406. The molecule has 3 rings (SSSR count). The standard InChI is InChI=1S/C23H23ClN2O3/c24-20-8-2-6-18(13-20)22(27)15-25-10-11-26-21-9-3-5-17(14-21)16-4-1-7-19(12-16)23(28)29/h1-9,12-14,22,25-27H,10-11,15H2,(H,28,29)/t22-/m0/s1/i1D,2D,3D,4D,5D,6D,7D,8D,9D,10D2,12D,13D,14D,15D2. The molecular formula is C23H23ClN2O3. The number of carboxylic acids is 1. The van der Waals surface area contributed by atoms with E-state index in [1.807, 2.05) is 5.32 Å². The zero-order valence-electron chi connectivity index (χ0n) is 30.5. The number of rotatable bonds is 9. The van der Waals surface area contributed by atoms with E-state index < -0.39 is 137 Å². The van der Waals surface area contributed by atoms with Crippen LogP contribution in [0.1, 0.15) is 44.0 Å². The molecule has 0 aliphatic heterocycles. The van der Waals surface area contributed by atoms with Gasteiger partial charge in [0.2, 0.25) is 0 Å². The zero-order chi connectivity index (χ0) is 34.7. The lowest BCUT2D eigenvalue weighted by Gasteiger charge is -2.13. The first-order valence-electron chi connectivity index (χ1n) is 15.9. The molecule has 5 nitrogen and oxygen atoms in total. The van der Waals surface area contributed by atoms with Crippen molar-refractivity contribution in [2.24, 2.45) is 0 Å². The van der Waals surface area contributed by atoms with Crippen molar-refractivity contribution in [3.63, 3.8) is 0 Å². The number of hydrogen-bond donors (Lipinski definition) is 4. The molecule has 3 aromatic carbocycles. The monoisotopic (exact) mass is 426 g/mol. The van der Waals surface area contributed by atoms with Crippen LogP contribution >= 0.6 is 11.6 Å². The minimum Gasteiger partial charge on any atom is -0.478 e. The smallest absolute Gasteiger partial charge is 0.335 e. The Bertz CT molecular complexity index is 1710. The normalized spacial score (nSPS) is 20.6. The van der Waals surface area contributed by atoms with Crippen molar-refractivity contribution in [3.05, 3.63) is 88.7 Å². The average Bonchev–Trinajstić information content (AvgIpc) is 2.93. The number of nitrogens with one attached hydrogen (secondary N) is 2. The molecule has 3 aromatic rings. The van der Waals surface area contributed by atoms with Crippen LogP contribution in [0.3, 0.4) is 0 Å². The van der Waals surface area contributed by atoms with Crippen molar-refractivity contribution in [2.45, 2.75) is 6.10 Å². The fraction of sp³-hybridized carbons (Fsp3) is 0.174. The lowest BCUT2D eigenvalue weighted by Crippen LogP contribution is -2.26. The van der Waals surface area contributed by atoms with Gasteiger partial charge in [0, 0.05) is 35.7 Å². The Balaban J connectivity index is 2.05. The number of aliphatic hydroxyl groups is 1. The molecule has 6 heteroatoms. The van der Waals surface area contributed by atoms with Gasteiger partial charge in [-0.1, -0.05) is 47.9 Å². The predicted octanol–water partition coefficient (Wildman–Crippen LogP) is 4.44. The molecule has 0 saturated heterocycles. The van der Waals surface area contributed by atoms with Gasteiger partial charge in [-0.15, -0.1) is 0 Å². The molecule has 1 atom stereocenters. The maximum Gasteiger partial charge on any atom is 0.335 e. The average molecular weight is 427 g/mol. The summed E-state index contributed by atoms with van der Waals surface area (Å²) in [6.07, 6.45) is -2.46. The highest BCUT2D eigenvalue weighted by molar-refractivity contribution is 6.30. The van der Waals surface area contributed by atoms with Gasteiger partial charge in [-0.3, -0.25) is 0 Å². The van der Waals surface area contributed by atoms with Crippen LogP contribution < -0.4 is 10.6 Å². The minimum absolute atomic E-state index is 0.645. The van der Waals surface area contributed by atoms with Gasteiger partial charge >= 0.3 is 5.97 Å². The summed E-state index contributed by atoms with van der Waals surface area (Å²) >= 11 is 5.82. The van der Waals surface area contributed by atoms with Crippen molar-refractivity contribution in [2.75, 3.05) is 24.9 Å². The Hall–Kier alpha value is -2.86. The molecule has 0 spiro atoms. The maximum absolute atomic E-state index is 11.7. The third kappa shape index (κ3) is 6.06. The van der Waals surface area contributed by atoms with Crippen molar-refractivity contribution in [1.82, 2.24) is 5.32 Å². The van der Waals surface area contributed by atoms with E-state index in [1.165, 1.54) is 0 Å². The van der Waals surface area contributed by atoms with Crippen molar-refractivity contribution >= 4 is 23.3 Å². The molecule has 0 unspecified atom stereocenters. The predicted molar refractivity (Wildman–Crippen MR) is 117 cm³/mol. The molecule has 0 bridgehead atoms. The number of aromatic carboxylic acids is 1. The second-order valence-corrected chi connectivity index (χ2v) is 5.61. The van der Waals surface area contributed by atoms with Crippen molar-refractivity contribution in [1.29, 1.82) is 0 Å². The molecule has 4 N–H and O–H groups in total. The lowest BCUT2D eigenvalue weighted by atomic mass is 10.0. The number of carboxylic acid groups (broad SMARTS) is 1. The van der Waals surface area contributed by atoms with E-state index in [0.29, 0.717) is 0 Å². The molecule has 0 radical (unpaired) electrons. The topological polar surface area (TPSA) is 81.6 Å². The van der Waals surface area contributed by atoms with E-state index >= 15 is 0 Å². The first-order chi connectivity index (χ1) is 20.5. The highest BCUT2D eigenvalue weighted by Gasteiger charge is 2.07. The maximum atomic E-state index is 11.7. The second kappa shape index (κ2) is 10.1. The summed E-state index contributed by atoms with van der Waals surface area (Å²) in [5.41, 5.74) is -3.96. The molecule has 0 saturated carbocycles. The number of anilines is 1. The van der Waals surface area contributed by atoms with E-state index in [9.17, 15) is 15.0 Å². The molecular weight excluding hydrogens is 388 g/mol. The summed E-state index contributed by atoms with van der Waals surface area (Å²) in [6.45, 7) is -7.07. The van der Waals surface area contributed by atoms with E-state index in [-0.39, 0.29) is 0 Å². The van der Waals surface area contributed by atoms with E-state index in [0.717, 1.165) is 0 Å².